The second kappa shape index (κ2) is 9.15. The number of carbonyl (C=O) groups is 2. The number of halogens is 1. The van der Waals surface area contributed by atoms with Gasteiger partial charge in [-0.1, -0.05) is 23.5 Å². The molecule has 1 aromatic heterocycles. The lowest BCUT2D eigenvalue weighted by Gasteiger charge is -2.24. The standard InChI is InChI=1S/C22H22BrN5O2S/c1-27(2)15-11-9-14(10-12-15)20-25-26-22(31-20)24-19(29)18-8-5-13-28(18)21(30)16-6-3-4-7-17(16)23/h3-4,6-7,9-12,18H,5,8,13H2,1-2H3,(H,24,26,29). The van der Waals surface area contributed by atoms with Crippen LogP contribution in [0.5, 0.6) is 0 Å². The molecule has 2 aromatic carbocycles. The molecule has 4 rings (SSSR count). The van der Waals surface area contributed by atoms with Gasteiger partial charge in [-0.25, -0.2) is 0 Å². The van der Waals surface area contributed by atoms with E-state index in [1.807, 2.05) is 61.5 Å². The summed E-state index contributed by atoms with van der Waals surface area (Å²) in [6.07, 6.45) is 1.41. The zero-order valence-corrected chi connectivity index (χ0v) is 19.6. The van der Waals surface area contributed by atoms with Crippen LogP contribution in [-0.4, -0.2) is 53.6 Å². The van der Waals surface area contributed by atoms with Gasteiger partial charge in [0.05, 0.1) is 5.56 Å². The maximum atomic E-state index is 13.0. The van der Waals surface area contributed by atoms with Crippen LogP contribution >= 0.6 is 27.3 Å². The van der Waals surface area contributed by atoms with Crippen LogP contribution in [0.2, 0.25) is 0 Å². The number of amides is 2. The Bertz CT molecular complexity index is 1100. The maximum absolute atomic E-state index is 13.0. The summed E-state index contributed by atoms with van der Waals surface area (Å²) in [5.74, 6) is -0.382. The van der Waals surface area contributed by atoms with E-state index in [9.17, 15) is 9.59 Å². The lowest BCUT2D eigenvalue weighted by molar-refractivity contribution is -0.119. The van der Waals surface area contributed by atoms with Crippen molar-refractivity contribution in [2.45, 2.75) is 18.9 Å². The molecule has 0 spiro atoms. The van der Waals surface area contributed by atoms with Gasteiger partial charge in [0.15, 0.2) is 0 Å². The molecule has 31 heavy (non-hydrogen) atoms. The van der Waals surface area contributed by atoms with E-state index in [1.54, 1.807) is 11.0 Å². The molecule has 0 radical (unpaired) electrons. The summed E-state index contributed by atoms with van der Waals surface area (Å²) in [7, 11) is 3.97. The molecular formula is C22H22BrN5O2S. The monoisotopic (exact) mass is 499 g/mol. The Balaban J connectivity index is 1.45. The van der Waals surface area contributed by atoms with Crippen molar-refractivity contribution in [2.24, 2.45) is 0 Å². The van der Waals surface area contributed by atoms with Gasteiger partial charge in [0, 0.05) is 36.4 Å². The van der Waals surface area contributed by atoms with Crippen LogP contribution in [0.3, 0.4) is 0 Å². The summed E-state index contributed by atoms with van der Waals surface area (Å²) in [5.41, 5.74) is 2.59. The van der Waals surface area contributed by atoms with Crippen molar-refractivity contribution < 1.29 is 9.59 Å². The maximum Gasteiger partial charge on any atom is 0.255 e. The van der Waals surface area contributed by atoms with Crippen molar-refractivity contribution in [3.8, 4) is 10.6 Å². The molecule has 1 N–H and O–H groups in total. The molecule has 1 saturated heterocycles. The van der Waals surface area contributed by atoms with E-state index in [2.05, 4.69) is 31.4 Å². The van der Waals surface area contributed by atoms with Crippen molar-refractivity contribution in [3.05, 3.63) is 58.6 Å². The highest BCUT2D eigenvalue weighted by atomic mass is 79.9. The van der Waals surface area contributed by atoms with E-state index in [0.29, 0.717) is 23.7 Å². The Hall–Kier alpha value is -2.78. The van der Waals surface area contributed by atoms with Gasteiger partial charge in [0.2, 0.25) is 11.0 Å². The highest BCUT2D eigenvalue weighted by Gasteiger charge is 2.35. The molecule has 0 aliphatic carbocycles. The van der Waals surface area contributed by atoms with Crippen LogP contribution in [0.25, 0.3) is 10.6 Å². The Morgan fingerprint density at radius 3 is 2.58 bits per heavy atom. The molecule has 160 valence electrons. The van der Waals surface area contributed by atoms with Gasteiger partial charge in [0.1, 0.15) is 11.0 Å². The Kier molecular flexibility index (Phi) is 6.33. The van der Waals surface area contributed by atoms with Crippen LogP contribution in [0.15, 0.2) is 53.0 Å². The molecule has 1 aliphatic rings. The quantitative estimate of drug-likeness (QED) is 0.566. The second-order valence-corrected chi connectivity index (χ2v) is 9.31. The molecule has 1 fully saturated rings. The molecule has 0 bridgehead atoms. The summed E-state index contributed by atoms with van der Waals surface area (Å²) in [4.78, 5) is 29.6. The van der Waals surface area contributed by atoms with Crippen molar-refractivity contribution in [1.29, 1.82) is 0 Å². The minimum absolute atomic E-state index is 0.149. The summed E-state index contributed by atoms with van der Waals surface area (Å²) in [6, 6.07) is 14.7. The zero-order valence-electron chi connectivity index (χ0n) is 17.2. The third-order valence-corrected chi connectivity index (χ3v) is 6.79. The second-order valence-electron chi connectivity index (χ2n) is 7.48. The molecular weight excluding hydrogens is 478 g/mol. The van der Waals surface area contributed by atoms with Gasteiger partial charge in [-0.15, -0.1) is 10.2 Å². The molecule has 3 aromatic rings. The van der Waals surface area contributed by atoms with Crippen LogP contribution in [-0.2, 0) is 4.79 Å². The normalized spacial score (nSPS) is 15.7. The fourth-order valence-electron chi connectivity index (χ4n) is 3.55. The Labute approximate surface area is 193 Å². The Morgan fingerprint density at radius 1 is 1.13 bits per heavy atom. The fraction of sp³-hybridized carbons (Fsp3) is 0.273. The smallest absolute Gasteiger partial charge is 0.255 e. The largest absolute Gasteiger partial charge is 0.378 e. The summed E-state index contributed by atoms with van der Waals surface area (Å²) < 4.78 is 0.722. The molecule has 1 aliphatic heterocycles. The summed E-state index contributed by atoms with van der Waals surface area (Å²) in [5, 5.41) is 12.3. The van der Waals surface area contributed by atoms with Gasteiger partial charge >= 0.3 is 0 Å². The van der Waals surface area contributed by atoms with Gasteiger partial charge in [-0.3, -0.25) is 14.9 Å². The molecule has 7 nitrogen and oxygen atoms in total. The first-order valence-corrected chi connectivity index (χ1v) is 11.5. The first kappa shape index (κ1) is 21.5. The van der Waals surface area contributed by atoms with Crippen LogP contribution < -0.4 is 10.2 Å². The van der Waals surface area contributed by atoms with Gasteiger partial charge in [0.25, 0.3) is 5.91 Å². The summed E-state index contributed by atoms with van der Waals surface area (Å²) >= 11 is 4.74. The summed E-state index contributed by atoms with van der Waals surface area (Å²) in [6.45, 7) is 0.553. The SMILES string of the molecule is CN(C)c1ccc(-c2nnc(NC(=O)C3CCCN3C(=O)c3ccccc3Br)s2)cc1. The molecule has 9 heteroatoms. The number of nitrogens with one attached hydrogen (secondary N) is 1. The molecule has 2 heterocycles. The van der Waals surface area contributed by atoms with E-state index < -0.39 is 6.04 Å². The van der Waals surface area contributed by atoms with Crippen molar-refractivity contribution >= 4 is 49.9 Å². The molecule has 1 unspecified atom stereocenters. The first-order valence-electron chi connectivity index (χ1n) is 9.91. The third kappa shape index (κ3) is 4.62. The third-order valence-electron chi connectivity index (χ3n) is 5.21. The number of hydrogen-bond acceptors (Lipinski definition) is 6. The first-order chi connectivity index (χ1) is 14.9. The number of aromatic nitrogens is 2. The topological polar surface area (TPSA) is 78.4 Å². The molecule has 2 amide bonds. The average Bonchev–Trinajstić information content (AvgIpc) is 3.43. The predicted octanol–water partition coefficient (Wildman–Crippen LogP) is 4.28. The molecule has 0 saturated carbocycles. The number of likely N-dealkylation sites (tertiary alicyclic amines) is 1. The van der Waals surface area contributed by atoms with E-state index in [1.165, 1.54) is 11.3 Å². The van der Waals surface area contributed by atoms with E-state index in [0.717, 1.165) is 27.2 Å². The highest BCUT2D eigenvalue weighted by Crippen LogP contribution is 2.29. The Morgan fingerprint density at radius 2 is 1.87 bits per heavy atom. The van der Waals surface area contributed by atoms with Crippen LogP contribution in [0.1, 0.15) is 23.2 Å². The van der Waals surface area contributed by atoms with Gasteiger partial charge in [-0.05, 0) is 65.2 Å². The number of hydrogen-bond donors (Lipinski definition) is 1. The van der Waals surface area contributed by atoms with Gasteiger partial charge < -0.3 is 9.80 Å². The van der Waals surface area contributed by atoms with Crippen LogP contribution in [0.4, 0.5) is 10.8 Å². The van der Waals surface area contributed by atoms with Gasteiger partial charge in [-0.2, -0.15) is 0 Å². The lowest BCUT2D eigenvalue weighted by atomic mass is 10.1. The predicted molar refractivity (Wildman–Crippen MR) is 127 cm³/mol. The number of benzene rings is 2. The minimum atomic E-state index is -0.522. The highest BCUT2D eigenvalue weighted by molar-refractivity contribution is 9.10. The van der Waals surface area contributed by atoms with E-state index >= 15 is 0 Å². The number of nitrogens with zero attached hydrogens (tertiary/aromatic N) is 4. The van der Waals surface area contributed by atoms with Crippen molar-refractivity contribution in [2.75, 3.05) is 30.9 Å². The number of rotatable bonds is 5. The van der Waals surface area contributed by atoms with Crippen LogP contribution in [0, 0.1) is 0 Å². The van der Waals surface area contributed by atoms with Crippen molar-refractivity contribution in [3.63, 3.8) is 0 Å². The number of carbonyl (C=O) groups excluding carboxylic acids is 2. The fourth-order valence-corrected chi connectivity index (χ4v) is 4.76. The lowest BCUT2D eigenvalue weighted by Crippen LogP contribution is -2.43. The number of anilines is 2. The molecule has 1 atom stereocenters. The van der Waals surface area contributed by atoms with E-state index in [-0.39, 0.29) is 11.8 Å². The zero-order chi connectivity index (χ0) is 22.0. The van der Waals surface area contributed by atoms with Crippen molar-refractivity contribution in [1.82, 2.24) is 15.1 Å². The minimum Gasteiger partial charge on any atom is -0.378 e. The average molecular weight is 500 g/mol. The van der Waals surface area contributed by atoms with E-state index in [4.69, 9.17) is 0 Å².